The molecule has 8 nitrogen and oxygen atoms in total. The predicted molar refractivity (Wildman–Crippen MR) is 107 cm³/mol. The summed E-state index contributed by atoms with van der Waals surface area (Å²) in [4.78, 5) is 7.69. The lowest BCUT2D eigenvalue weighted by Crippen LogP contribution is -2.23. The van der Waals surface area contributed by atoms with E-state index >= 15 is 0 Å². The van der Waals surface area contributed by atoms with Gasteiger partial charge in [-0.15, -0.1) is 0 Å². The predicted octanol–water partition coefficient (Wildman–Crippen LogP) is 3.73. The van der Waals surface area contributed by atoms with Crippen LogP contribution in [-0.2, 0) is 22.7 Å². The molecule has 32 heavy (non-hydrogen) atoms. The molecule has 0 radical (unpaired) electrons. The third kappa shape index (κ3) is 4.70. The van der Waals surface area contributed by atoms with Crippen LogP contribution in [-0.4, -0.2) is 28.1 Å². The number of sulfonamides is 1. The Morgan fingerprint density at radius 1 is 1.06 bits per heavy atom. The molecule has 166 valence electrons. The van der Waals surface area contributed by atoms with Crippen molar-refractivity contribution in [2.24, 2.45) is 0 Å². The molecule has 0 atom stereocenters. The molecule has 0 aliphatic heterocycles. The van der Waals surface area contributed by atoms with Crippen LogP contribution in [0.15, 0.2) is 70.5 Å². The molecule has 0 spiro atoms. The summed E-state index contributed by atoms with van der Waals surface area (Å²) in [5.74, 6) is -1.59. The SMILES string of the molecule is Cc1ccc(S(=O)(=O)NCc2cn(-c3ccc(-c4noc(C(F)(F)F)n4)cc3)cn2)cc1. The number of nitrogens with zero attached hydrogens (tertiary/aromatic N) is 4. The standard InChI is InChI=1S/C20H16F3N5O3S/c1-13-2-8-17(9-3-13)32(29,30)25-10-15-11-28(12-24-15)16-6-4-14(5-7-16)18-26-19(31-27-18)20(21,22)23/h2-9,11-12,25H,10H2,1H3. The van der Waals surface area contributed by atoms with E-state index in [9.17, 15) is 21.6 Å². The summed E-state index contributed by atoms with van der Waals surface area (Å²) in [5.41, 5.74) is 2.44. The second kappa shape index (κ2) is 8.20. The molecule has 2 aromatic heterocycles. The van der Waals surface area contributed by atoms with E-state index in [1.807, 2.05) is 6.92 Å². The molecule has 0 amide bonds. The van der Waals surface area contributed by atoms with E-state index in [0.29, 0.717) is 16.9 Å². The second-order valence-corrected chi connectivity index (χ2v) is 8.64. The van der Waals surface area contributed by atoms with Crippen LogP contribution in [0.4, 0.5) is 13.2 Å². The third-order valence-corrected chi connectivity index (χ3v) is 5.92. The minimum Gasteiger partial charge on any atom is -0.329 e. The van der Waals surface area contributed by atoms with Gasteiger partial charge in [0.25, 0.3) is 0 Å². The van der Waals surface area contributed by atoms with Gasteiger partial charge in [0, 0.05) is 17.4 Å². The number of aromatic nitrogens is 4. The van der Waals surface area contributed by atoms with Crippen molar-refractivity contribution in [1.29, 1.82) is 0 Å². The van der Waals surface area contributed by atoms with Crippen molar-refractivity contribution in [2.75, 3.05) is 0 Å². The lowest BCUT2D eigenvalue weighted by atomic mass is 10.2. The van der Waals surface area contributed by atoms with E-state index in [1.165, 1.54) is 18.5 Å². The number of nitrogens with one attached hydrogen (secondary N) is 1. The molecule has 0 saturated carbocycles. The first-order valence-electron chi connectivity index (χ1n) is 9.23. The summed E-state index contributed by atoms with van der Waals surface area (Å²) in [6.07, 6.45) is -1.57. The highest BCUT2D eigenvalue weighted by atomic mass is 32.2. The monoisotopic (exact) mass is 463 g/mol. The highest BCUT2D eigenvalue weighted by molar-refractivity contribution is 7.89. The molecular weight excluding hydrogens is 447 g/mol. The third-order valence-electron chi connectivity index (χ3n) is 4.50. The molecule has 1 N–H and O–H groups in total. The van der Waals surface area contributed by atoms with Crippen LogP contribution < -0.4 is 4.72 Å². The summed E-state index contributed by atoms with van der Waals surface area (Å²) in [7, 11) is -3.68. The fourth-order valence-electron chi connectivity index (χ4n) is 2.80. The molecule has 0 unspecified atom stereocenters. The lowest BCUT2D eigenvalue weighted by molar-refractivity contribution is -0.159. The number of hydrogen-bond acceptors (Lipinski definition) is 6. The van der Waals surface area contributed by atoms with Crippen molar-refractivity contribution >= 4 is 10.0 Å². The van der Waals surface area contributed by atoms with Gasteiger partial charge < -0.3 is 9.09 Å². The maximum Gasteiger partial charge on any atom is 0.471 e. The first kappa shape index (κ1) is 21.7. The number of hydrogen-bond donors (Lipinski definition) is 1. The van der Waals surface area contributed by atoms with Crippen molar-refractivity contribution in [3.8, 4) is 17.1 Å². The van der Waals surface area contributed by atoms with Crippen LogP contribution in [0, 0.1) is 6.92 Å². The number of imidazole rings is 1. The fourth-order valence-corrected chi connectivity index (χ4v) is 3.80. The van der Waals surface area contributed by atoms with E-state index in [1.54, 1.807) is 47.2 Å². The number of benzene rings is 2. The number of alkyl halides is 3. The van der Waals surface area contributed by atoms with Crippen molar-refractivity contribution in [3.05, 3.63) is 78.2 Å². The molecule has 0 aliphatic rings. The van der Waals surface area contributed by atoms with Crippen LogP contribution in [0.25, 0.3) is 17.1 Å². The van der Waals surface area contributed by atoms with Crippen LogP contribution in [0.3, 0.4) is 0 Å². The quantitative estimate of drug-likeness (QED) is 0.468. The highest BCUT2D eigenvalue weighted by Crippen LogP contribution is 2.29. The minimum absolute atomic E-state index is 0.00955. The average molecular weight is 463 g/mol. The van der Waals surface area contributed by atoms with Crippen molar-refractivity contribution in [2.45, 2.75) is 24.5 Å². The van der Waals surface area contributed by atoms with Crippen molar-refractivity contribution in [3.63, 3.8) is 0 Å². The average Bonchev–Trinajstić information content (AvgIpc) is 3.43. The molecule has 2 heterocycles. The zero-order valence-electron chi connectivity index (χ0n) is 16.5. The van der Waals surface area contributed by atoms with E-state index in [2.05, 4.69) is 24.4 Å². The molecule has 4 rings (SSSR count). The molecule has 0 bridgehead atoms. The van der Waals surface area contributed by atoms with Gasteiger partial charge in [-0.25, -0.2) is 18.1 Å². The van der Waals surface area contributed by atoms with E-state index in [4.69, 9.17) is 0 Å². The molecular formula is C20H16F3N5O3S. The fraction of sp³-hybridized carbons (Fsp3) is 0.150. The van der Waals surface area contributed by atoms with Crippen LogP contribution >= 0.6 is 0 Å². The van der Waals surface area contributed by atoms with Crippen LogP contribution in [0.1, 0.15) is 17.1 Å². The van der Waals surface area contributed by atoms with Gasteiger partial charge in [0.15, 0.2) is 0 Å². The Kier molecular flexibility index (Phi) is 5.57. The number of rotatable bonds is 6. The minimum atomic E-state index is -4.71. The summed E-state index contributed by atoms with van der Waals surface area (Å²) in [6.45, 7) is 1.86. The Labute approximate surface area is 180 Å². The first-order chi connectivity index (χ1) is 15.1. The maximum atomic E-state index is 12.6. The Morgan fingerprint density at radius 3 is 2.38 bits per heavy atom. The topological polar surface area (TPSA) is 103 Å². The molecule has 0 saturated heterocycles. The van der Waals surface area contributed by atoms with E-state index < -0.39 is 22.1 Å². The maximum absolute atomic E-state index is 12.6. The zero-order valence-corrected chi connectivity index (χ0v) is 17.4. The summed E-state index contributed by atoms with van der Waals surface area (Å²) in [5, 5.41) is 3.35. The lowest BCUT2D eigenvalue weighted by Gasteiger charge is -2.06. The summed E-state index contributed by atoms with van der Waals surface area (Å²) < 4.78 is 71.0. The molecule has 0 fully saturated rings. The van der Waals surface area contributed by atoms with Gasteiger partial charge in [0.05, 0.1) is 23.5 Å². The van der Waals surface area contributed by atoms with Gasteiger partial charge in [-0.1, -0.05) is 22.9 Å². The van der Waals surface area contributed by atoms with Crippen molar-refractivity contribution in [1.82, 2.24) is 24.4 Å². The smallest absolute Gasteiger partial charge is 0.329 e. The molecule has 12 heteroatoms. The molecule has 0 aliphatic carbocycles. The molecule has 2 aromatic carbocycles. The Hall–Kier alpha value is -3.51. The largest absolute Gasteiger partial charge is 0.471 e. The van der Waals surface area contributed by atoms with E-state index in [0.717, 1.165) is 5.56 Å². The Bertz CT molecular complexity index is 1330. The first-order valence-corrected chi connectivity index (χ1v) is 10.7. The number of aryl methyl sites for hydroxylation is 1. The van der Waals surface area contributed by atoms with Gasteiger partial charge in [0.2, 0.25) is 15.8 Å². The number of halogens is 3. The van der Waals surface area contributed by atoms with Gasteiger partial charge in [-0.3, -0.25) is 0 Å². The van der Waals surface area contributed by atoms with Gasteiger partial charge in [0.1, 0.15) is 0 Å². The Morgan fingerprint density at radius 2 is 1.75 bits per heavy atom. The van der Waals surface area contributed by atoms with Crippen LogP contribution in [0.5, 0.6) is 0 Å². The summed E-state index contributed by atoms with van der Waals surface area (Å²) in [6, 6.07) is 12.8. The van der Waals surface area contributed by atoms with E-state index in [-0.39, 0.29) is 17.3 Å². The van der Waals surface area contributed by atoms with Gasteiger partial charge >= 0.3 is 12.1 Å². The van der Waals surface area contributed by atoms with Crippen molar-refractivity contribution < 1.29 is 26.1 Å². The van der Waals surface area contributed by atoms with Gasteiger partial charge in [-0.2, -0.15) is 18.2 Å². The van der Waals surface area contributed by atoms with Crippen LogP contribution in [0.2, 0.25) is 0 Å². The normalized spacial score (nSPS) is 12.2. The van der Waals surface area contributed by atoms with Gasteiger partial charge in [-0.05, 0) is 43.3 Å². The summed E-state index contributed by atoms with van der Waals surface area (Å²) >= 11 is 0. The zero-order chi connectivity index (χ0) is 22.9. The molecule has 4 aromatic rings. The highest BCUT2D eigenvalue weighted by Gasteiger charge is 2.38. The Balaban J connectivity index is 1.44. The second-order valence-electron chi connectivity index (χ2n) is 6.88.